The van der Waals surface area contributed by atoms with Crippen LogP contribution in [-0.4, -0.2) is 18.5 Å². The summed E-state index contributed by atoms with van der Waals surface area (Å²) in [5.41, 5.74) is 3.58. The quantitative estimate of drug-likeness (QED) is 0.679. The third-order valence-electron chi connectivity index (χ3n) is 3.30. The number of anilines is 1. The number of nitrogens with one attached hydrogen (secondary N) is 1. The lowest BCUT2D eigenvalue weighted by Crippen LogP contribution is -2.21. The van der Waals surface area contributed by atoms with E-state index in [0.717, 1.165) is 22.4 Å². The zero-order chi connectivity index (χ0) is 16.7. The van der Waals surface area contributed by atoms with Gasteiger partial charge in [0, 0.05) is 11.8 Å². The van der Waals surface area contributed by atoms with E-state index in [0.29, 0.717) is 0 Å². The van der Waals surface area contributed by atoms with Gasteiger partial charge in [-0.25, -0.2) is 4.79 Å². The molecular formula is C19H19NO3. The van der Waals surface area contributed by atoms with Crippen molar-refractivity contribution in [3.63, 3.8) is 0 Å². The molecule has 0 unspecified atom stereocenters. The smallest absolute Gasteiger partial charge is 0.331 e. The lowest BCUT2D eigenvalue weighted by molar-refractivity contribution is -0.142. The summed E-state index contributed by atoms with van der Waals surface area (Å²) in [4.78, 5) is 23.5. The van der Waals surface area contributed by atoms with Crippen LogP contribution in [0.5, 0.6) is 0 Å². The number of para-hydroxylation sites is 1. The van der Waals surface area contributed by atoms with Crippen LogP contribution in [0.25, 0.3) is 6.08 Å². The van der Waals surface area contributed by atoms with Crippen LogP contribution in [0, 0.1) is 13.8 Å². The van der Waals surface area contributed by atoms with E-state index in [9.17, 15) is 9.59 Å². The van der Waals surface area contributed by atoms with E-state index in [1.54, 1.807) is 6.08 Å². The average Bonchev–Trinajstić information content (AvgIpc) is 2.55. The Kier molecular flexibility index (Phi) is 5.69. The van der Waals surface area contributed by atoms with E-state index in [2.05, 4.69) is 5.32 Å². The van der Waals surface area contributed by atoms with Crippen LogP contribution >= 0.6 is 0 Å². The third kappa shape index (κ3) is 5.11. The Morgan fingerprint density at radius 1 is 1.00 bits per heavy atom. The van der Waals surface area contributed by atoms with Crippen molar-refractivity contribution in [2.45, 2.75) is 13.8 Å². The van der Waals surface area contributed by atoms with Gasteiger partial charge in [-0.15, -0.1) is 0 Å². The fourth-order valence-corrected chi connectivity index (χ4v) is 2.10. The minimum Gasteiger partial charge on any atom is -0.452 e. The fourth-order valence-electron chi connectivity index (χ4n) is 2.10. The molecule has 118 valence electrons. The molecule has 0 atom stereocenters. The van der Waals surface area contributed by atoms with Gasteiger partial charge in [-0.1, -0.05) is 48.5 Å². The molecule has 23 heavy (non-hydrogen) atoms. The lowest BCUT2D eigenvalue weighted by Gasteiger charge is -2.11. The number of ether oxygens (including phenoxy) is 1. The Morgan fingerprint density at radius 3 is 2.30 bits per heavy atom. The van der Waals surface area contributed by atoms with E-state index < -0.39 is 5.97 Å². The van der Waals surface area contributed by atoms with Crippen molar-refractivity contribution < 1.29 is 14.3 Å². The number of benzene rings is 2. The first kappa shape index (κ1) is 16.5. The normalized spacial score (nSPS) is 10.5. The predicted molar refractivity (Wildman–Crippen MR) is 91.0 cm³/mol. The van der Waals surface area contributed by atoms with Gasteiger partial charge in [-0.3, -0.25) is 4.79 Å². The summed E-state index contributed by atoms with van der Waals surface area (Å²) in [5.74, 6) is -0.908. The maximum absolute atomic E-state index is 11.9. The summed E-state index contributed by atoms with van der Waals surface area (Å²) in [6.07, 6.45) is 2.95. The van der Waals surface area contributed by atoms with Crippen LogP contribution in [0.1, 0.15) is 16.7 Å². The van der Waals surface area contributed by atoms with Crippen LogP contribution in [0.4, 0.5) is 5.69 Å². The van der Waals surface area contributed by atoms with Gasteiger partial charge >= 0.3 is 5.97 Å². The molecule has 1 amide bonds. The number of amides is 1. The van der Waals surface area contributed by atoms with Crippen molar-refractivity contribution in [2.75, 3.05) is 11.9 Å². The van der Waals surface area contributed by atoms with Gasteiger partial charge in [-0.05, 0) is 36.6 Å². The molecule has 0 aliphatic rings. The Bertz CT molecular complexity index is 700. The van der Waals surface area contributed by atoms with Gasteiger partial charge in [0.2, 0.25) is 0 Å². The van der Waals surface area contributed by atoms with E-state index >= 15 is 0 Å². The first-order chi connectivity index (χ1) is 11.1. The topological polar surface area (TPSA) is 55.4 Å². The fraction of sp³-hybridized carbons (Fsp3) is 0.158. The van der Waals surface area contributed by atoms with Gasteiger partial charge in [0.05, 0.1) is 0 Å². The molecule has 0 radical (unpaired) electrons. The standard InChI is InChI=1S/C19H19NO3/c1-14-7-6-8-15(2)19(14)20-17(21)13-23-18(22)12-11-16-9-4-3-5-10-16/h3-12H,13H2,1-2H3,(H,20,21)/b12-11+. The van der Waals surface area contributed by atoms with Crippen molar-refractivity contribution in [2.24, 2.45) is 0 Å². The number of rotatable bonds is 5. The molecule has 2 rings (SSSR count). The van der Waals surface area contributed by atoms with E-state index in [4.69, 9.17) is 4.74 Å². The SMILES string of the molecule is Cc1cccc(C)c1NC(=O)COC(=O)/C=C/c1ccccc1. The lowest BCUT2D eigenvalue weighted by atomic mass is 10.1. The minimum absolute atomic E-state index is 0.314. The highest BCUT2D eigenvalue weighted by Gasteiger charge is 2.09. The zero-order valence-corrected chi connectivity index (χ0v) is 13.2. The average molecular weight is 309 g/mol. The number of hydrogen-bond donors (Lipinski definition) is 1. The summed E-state index contributed by atoms with van der Waals surface area (Å²) in [7, 11) is 0. The molecular weight excluding hydrogens is 290 g/mol. The Hall–Kier alpha value is -2.88. The number of carbonyl (C=O) groups is 2. The second-order valence-corrected chi connectivity index (χ2v) is 5.17. The molecule has 0 saturated carbocycles. The number of carbonyl (C=O) groups excluding carboxylic acids is 2. The molecule has 0 aliphatic carbocycles. The highest BCUT2D eigenvalue weighted by Crippen LogP contribution is 2.19. The monoisotopic (exact) mass is 309 g/mol. The minimum atomic E-state index is -0.550. The molecule has 0 saturated heterocycles. The van der Waals surface area contributed by atoms with Crippen molar-refractivity contribution >= 4 is 23.6 Å². The van der Waals surface area contributed by atoms with Gasteiger partial charge < -0.3 is 10.1 Å². The van der Waals surface area contributed by atoms with E-state index in [1.165, 1.54) is 6.08 Å². The van der Waals surface area contributed by atoms with Crippen LogP contribution in [0.2, 0.25) is 0 Å². The van der Waals surface area contributed by atoms with Crippen LogP contribution in [0.3, 0.4) is 0 Å². The summed E-state index contributed by atoms with van der Waals surface area (Å²) in [5, 5.41) is 2.77. The van der Waals surface area contributed by atoms with E-state index in [-0.39, 0.29) is 12.5 Å². The number of hydrogen-bond acceptors (Lipinski definition) is 3. The van der Waals surface area contributed by atoms with Gasteiger partial charge in [0.15, 0.2) is 6.61 Å². The molecule has 0 aliphatic heterocycles. The van der Waals surface area contributed by atoms with Gasteiger partial charge in [0.25, 0.3) is 5.91 Å². The van der Waals surface area contributed by atoms with Crippen molar-refractivity contribution in [3.8, 4) is 0 Å². The molecule has 0 fully saturated rings. The molecule has 0 bridgehead atoms. The molecule has 2 aromatic carbocycles. The number of esters is 1. The highest BCUT2D eigenvalue weighted by atomic mass is 16.5. The van der Waals surface area contributed by atoms with Crippen molar-refractivity contribution in [1.29, 1.82) is 0 Å². The maximum Gasteiger partial charge on any atom is 0.331 e. The Balaban J connectivity index is 1.85. The zero-order valence-electron chi connectivity index (χ0n) is 13.2. The largest absolute Gasteiger partial charge is 0.452 e. The van der Waals surface area contributed by atoms with E-state index in [1.807, 2.05) is 62.4 Å². The summed E-state index contributed by atoms with van der Waals surface area (Å²) in [6, 6.07) is 15.2. The van der Waals surface area contributed by atoms with Crippen LogP contribution < -0.4 is 5.32 Å². The van der Waals surface area contributed by atoms with Gasteiger partial charge in [0.1, 0.15) is 0 Å². The van der Waals surface area contributed by atoms with Gasteiger partial charge in [-0.2, -0.15) is 0 Å². The first-order valence-electron chi connectivity index (χ1n) is 7.32. The van der Waals surface area contributed by atoms with Crippen LogP contribution in [-0.2, 0) is 14.3 Å². The summed E-state index contributed by atoms with van der Waals surface area (Å²) < 4.78 is 4.94. The molecule has 4 nitrogen and oxygen atoms in total. The third-order valence-corrected chi connectivity index (χ3v) is 3.30. The summed E-state index contributed by atoms with van der Waals surface area (Å²) >= 11 is 0. The summed E-state index contributed by atoms with van der Waals surface area (Å²) in [6.45, 7) is 3.51. The molecule has 0 heterocycles. The van der Waals surface area contributed by atoms with Crippen LogP contribution in [0.15, 0.2) is 54.6 Å². The van der Waals surface area contributed by atoms with Crippen molar-refractivity contribution in [3.05, 3.63) is 71.3 Å². The first-order valence-corrected chi connectivity index (χ1v) is 7.32. The molecule has 0 spiro atoms. The number of aryl methyl sites for hydroxylation is 2. The highest BCUT2D eigenvalue weighted by molar-refractivity contribution is 5.95. The molecule has 4 heteroatoms. The Morgan fingerprint density at radius 2 is 1.65 bits per heavy atom. The maximum atomic E-state index is 11.9. The second kappa shape index (κ2) is 7.94. The second-order valence-electron chi connectivity index (χ2n) is 5.17. The predicted octanol–water partition coefficient (Wildman–Crippen LogP) is 3.50. The van der Waals surface area contributed by atoms with Crippen molar-refractivity contribution in [1.82, 2.24) is 0 Å². The molecule has 0 aromatic heterocycles. The molecule has 2 aromatic rings. The molecule has 1 N–H and O–H groups in total. The Labute approximate surface area is 135 Å².